The summed E-state index contributed by atoms with van der Waals surface area (Å²) in [5.74, 6) is -4.12. The van der Waals surface area contributed by atoms with Gasteiger partial charge in [-0.05, 0) is 124 Å². The summed E-state index contributed by atoms with van der Waals surface area (Å²) in [5.41, 5.74) is 2.44. The summed E-state index contributed by atoms with van der Waals surface area (Å²) >= 11 is 0. The van der Waals surface area contributed by atoms with Gasteiger partial charge in [0, 0.05) is 48.6 Å². The Hall–Kier alpha value is -5.65. The van der Waals surface area contributed by atoms with Crippen molar-refractivity contribution in [2.75, 3.05) is 31.3 Å². The third kappa shape index (κ3) is 12.8. The molecular formula is C53H70FN3O13. The summed E-state index contributed by atoms with van der Waals surface area (Å²) in [7, 11) is 0. The number of rotatable bonds is 21. The van der Waals surface area contributed by atoms with Crippen LogP contribution in [0.4, 0.5) is 10.1 Å². The first-order valence-electron chi connectivity index (χ1n) is 24.5. The molecule has 16 nitrogen and oxygen atoms in total. The Kier molecular flexibility index (Phi) is 17.7. The van der Waals surface area contributed by atoms with E-state index >= 15 is 4.39 Å². The summed E-state index contributed by atoms with van der Waals surface area (Å²) in [6.45, 7) is 19.8. The van der Waals surface area contributed by atoms with Gasteiger partial charge in [0.1, 0.15) is 36.1 Å². The Morgan fingerprint density at radius 1 is 0.843 bits per heavy atom. The quantitative estimate of drug-likeness (QED) is 0.0427. The number of allylic oxidation sites excluding steroid dienone is 6. The molecule has 2 aromatic heterocycles. The van der Waals surface area contributed by atoms with E-state index < -0.39 is 70.9 Å². The Labute approximate surface area is 408 Å². The minimum absolute atomic E-state index is 0.0244. The SMILES string of the molecule is CCOC(=O)CCC1(C)OC2C(COC(=O)CCCN3c4cc5oc(=O)c(C(=O)OCC)cc5cc4C(C)CC3(C)C)OC(n3cc(F)c(=O)n(CC=C(C)CCC=C(C)CCC=C(C)C)c3=O)C2O1. The number of fused-ring (bicyclic) bond motifs is 3. The number of halogens is 1. The highest BCUT2D eigenvalue weighted by molar-refractivity contribution is 5.94. The van der Waals surface area contributed by atoms with Crippen LogP contribution < -0.4 is 21.8 Å². The molecule has 3 aromatic rings. The monoisotopic (exact) mass is 975 g/mol. The van der Waals surface area contributed by atoms with E-state index in [1.807, 2.05) is 19.1 Å². The highest BCUT2D eigenvalue weighted by atomic mass is 19.1. The lowest BCUT2D eigenvalue weighted by Crippen LogP contribution is -2.48. The number of benzene rings is 1. The second-order valence-corrected chi connectivity index (χ2v) is 19.7. The van der Waals surface area contributed by atoms with Gasteiger partial charge in [-0.25, -0.2) is 14.4 Å². The molecule has 0 bridgehead atoms. The lowest BCUT2D eigenvalue weighted by molar-refractivity contribution is -0.216. The van der Waals surface area contributed by atoms with Crippen LogP contribution in [0.1, 0.15) is 155 Å². The van der Waals surface area contributed by atoms with Gasteiger partial charge in [-0.1, -0.05) is 41.9 Å². The van der Waals surface area contributed by atoms with E-state index in [-0.39, 0.29) is 62.6 Å². The van der Waals surface area contributed by atoms with Crippen molar-refractivity contribution in [3.63, 3.8) is 0 Å². The molecule has 2 fully saturated rings. The molecule has 0 aliphatic carbocycles. The third-order valence-corrected chi connectivity index (χ3v) is 13.2. The predicted molar refractivity (Wildman–Crippen MR) is 261 cm³/mol. The van der Waals surface area contributed by atoms with Crippen molar-refractivity contribution in [3.05, 3.63) is 108 Å². The van der Waals surface area contributed by atoms with Gasteiger partial charge >= 0.3 is 29.2 Å². The summed E-state index contributed by atoms with van der Waals surface area (Å²) in [6.07, 6.45) is 7.33. The number of hydrogen-bond donors (Lipinski definition) is 0. The van der Waals surface area contributed by atoms with Crippen LogP contribution in [0.3, 0.4) is 0 Å². The average molecular weight is 976 g/mol. The molecule has 382 valence electrons. The molecule has 6 unspecified atom stereocenters. The number of carbonyl (C=O) groups excluding carboxylic acids is 3. The molecular weight excluding hydrogens is 906 g/mol. The number of nitrogens with zero attached hydrogens (tertiary/aromatic N) is 3. The van der Waals surface area contributed by atoms with Crippen molar-refractivity contribution in [2.24, 2.45) is 0 Å². The minimum Gasteiger partial charge on any atom is -0.466 e. The van der Waals surface area contributed by atoms with Crippen molar-refractivity contribution in [1.29, 1.82) is 0 Å². The van der Waals surface area contributed by atoms with Crippen molar-refractivity contribution >= 4 is 34.6 Å². The molecule has 3 aliphatic heterocycles. The summed E-state index contributed by atoms with van der Waals surface area (Å²) in [4.78, 5) is 80.5. The van der Waals surface area contributed by atoms with E-state index in [9.17, 15) is 28.8 Å². The first-order chi connectivity index (χ1) is 33.1. The molecule has 70 heavy (non-hydrogen) atoms. The van der Waals surface area contributed by atoms with Crippen LogP contribution in [-0.4, -0.2) is 83.0 Å². The van der Waals surface area contributed by atoms with Crippen LogP contribution in [-0.2, 0) is 44.6 Å². The topological polar surface area (TPSA) is 184 Å². The Bertz CT molecular complexity index is 2690. The van der Waals surface area contributed by atoms with Gasteiger partial charge in [0.05, 0.1) is 25.8 Å². The van der Waals surface area contributed by atoms with Crippen LogP contribution in [0, 0.1) is 5.82 Å². The van der Waals surface area contributed by atoms with E-state index in [0.29, 0.717) is 30.4 Å². The number of hydrogen-bond acceptors (Lipinski definition) is 14. The van der Waals surface area contributed by atoms with Gasteiger partial charge in [-0.15, -0.1) is 0 Å². The zero-order chi connectivity index (χ0) is 51.1. The van der Waals surface area contributed by atoms with E-state index in [1.165, 1.54) is 17.2 Å². The van der Waals surface area contributed by atoms with Crippen molar-refractivity contribution < 1.29 is 51.6 Å². The summed E-state index contributed by atoms with van der Waals surface area (Å²) < 4.78 is 58.0. The molecule has 0 amide bonds. The average Bonchev–Trinajstić information content (AvgIpc) is 3.80. The van der Waals surface area contributed by atoms with E-state index in [1.54, 1.807) is 26.8 Å². The number of anilines is 1. The molecule has 3 aliphatic rings. The Morgan fingerprint density at radius 3 is 2.21 bits per heavy atom. The normalized spacial score (nSPS) is 23.0. The molecule has 6 rings (SSSR count). The fourth-order valence-electron chi connectivity index (χ4n) is 9.64. The standard InChI is InChI=1S/C53H70FN3O13/c1-11-64-44(59)21-23-53(10)69-45-42(67-48(46(45)70-53)56-30-39(54)47(60)55(51(56)63)25-22-34(6)19-14-18-33(5)17-13-16-32(3)4)31-66-43(58)20-15-24-57-40-28-41-36(26-37(40)35(7)29-52(57,8)9)27-38(50(62)68-41)49(61)65-12-2/h16,18,22,26-28,30,35,42,45-46,48H,11-15,17,19-21,23-25,29,31H2,1-10H3. The largest absolute Gasteiger partial charge is 0.466 e. The van der Waals surface area contributed by atoms with Crippen molar-refractivity contribution in [2.45, 2.75) is 175 Å². The zero-order valence-corrected chi connectivity index (χ0v) is 42.4. The molecule has 1 aromatic carbocycles. The fourth-order valence-corrected chi connectivity index (χ4v) is 9.64. The molecule has 0 N–H and O–H groups in total. The van der Waals surface area contributed by atoms with E-state index in [4.69, 9.17) is 32.8 Å². The van der Waals surface area contributed by atoms with Crippen LogP contribution >= 0.6 is 0 Å². The Balaban J connectivity index is 1.16. The number of esters is 3. The number of ether oxygens (including phenoxy) is 6. The maximum atomic E-state index is 15.5. The van der Waals surface area contributed by atoms with Gasteiger partial charge in [0.15, 0.2) is 12.0 Å². The molecule has 0 spiro atoms. The van der Waals surface area contributed by atoms with Crippen LogP contribution in [0.5, 0.6) is 0 Å². The molecule has 6 atom stereocenters. The van der Waals surface area contributed by atoms with Gasteiger partial charge in [0.2, 0.25) is 5.82 Å². The van der Waals surface area contributed by atoms with Gasteiger partial charge in [-0.3, -0.25) is 23.5 Å². The number of carbonyl (C=O) groups is 3. The second-order valence-electron chi connectivity index (χ2n) is 19.7. The highest BCUT2D eigenvalue weighted by Gasteiger charge is 2.58. The maximum Gasteiger partial charge on any atom is 0.351 e. The van der Waals surface area contributed by atoms with Gasteiger partial charge in [0.25, 0.3) is 5.56 Å². The molecule has 2 saturated heterocycles. The minimum atomic E-state index is -1.35. The first-order valence-corrected chi connectivity index (χ1v) is 24.5. The predicted octanol–water partition coefficient (Wildman–Crippen LogP) is 8.71. The van der Waals surface area contributed by atoms with E-state index in [0.717, 1.165) is 57.8 Å². The Morgan fingerprint density at radius 2 is 1.51 bits per heavy atom. The smallest absolute Gasteiger partial charge is 0.351 e. The highest BCUT2D eigenvalue weighted by Crippen LogP contribution is 2.46. The van der Waals surface area contributed by atoms with Crippen LogP contribution in [0.2, 0.25) is 0 Å². The molecule has 17 heteroatoms. The number of aromatic nitrogens is 2. The van der Waals surface area contributed by atoms with Crippen LogP contribution in [0.15, 0.2) is 78.1 Å². The van der Waals surface area contributed by atoms with Gasteiger partial charge < -0.3 is 37.7 Å². The maximum absolute atomic E-state index is 15.5. The second kappa shape index (κ2) is 23.1. The lowest BCUT2D eigenvalue weighted by atomic mass is 9.79. The van der Waals surface area contributed by atoms with Crippen molar-refractivity contribution in [3.8, 4) is 0 Å². The molecule has 5 heterocycles. The summed E-state index contributed by atoms with van der Waals surface area (Å²) in [6, 6.07) is 5.24. The van der Waals surface area contributed by atoms with E-state index in [2.05, 4.69) is 58.6 Å². The molecule has 0 saturated carbocycles. The lowest BCUT2D eigenvalue weighted by Gasteiger charge is -2.47. The third-order valence-electron chi connectivity index (χ3n) is 13.2. The van der Waals surface area contributed by atoms with Gasteiger partial charge in [-0.2, -0.15) is 4.39 Å². The zero-order valence-electron chi connectivity index (χ0n) is 42.4. The fraction of sp³-hybridized carbons (Fsp3) is 0.585. The first kappa shape index (κ1) is 53.7. The molecule has 0 radical (unpaired) electrons. The van der Waals surface area contributed by atoms with Crippen LogP contribution in [0.25, 0.3) is 11.0 Å². The van der Waals surface area contributed by atoms with Crippen molar-refractivity contribution in [1.82, 2.24) is 9.13 Å². The summed E-state index contributed by atoms with van der Waals surface area (Å²) in [5, 5.41) is 0.598.